The molecule has 4 rings (SSSR count). The molecule has 40 heavy (non-hydrogen) atoms. The maximum Gasteiger partial charge on any atom is 0.338 e. The van der Waals surface area contributed by atoms with Crippen molar-refractivity contribution in [2.75, 3.05) is 6.61 Å². The Morgan fingerprint density at radius 3 is 2.27 bits per heavy atom. The van der Waals surface area contributed by atoms with Crippen LogP contribution in [-0.2, 0) is 22.6 Å². The molecule has 1 N–H and O–H groups in total. The molecule has 0 aliphatic heterocycles. The SMILES string of the molecule is C/C=C(\C(=C/C)C(=O)OCCCC)c1ccc(Cn2ccc3cc(C(=O)NCc4ccc(Br)cc4)ccc32)cc1. The predicted molar refractivity (Wildman–Crippen MR) is 166 cm³/mol. The van der Waals surface area contributed by atoms with Crippen LogP contribution in [0, 0.1) is 0 Å². The van der Waals surface area contributed by atoms with E-state index in [4.69, 9.17) is 4.74 Å². The number of halogens is 1. The molecule has 1 aromatic heterocycles. The van der Waals surface area contributed by atoms with E-state index < -0.39 is 0 Å². The lowest BCUT2D eigenvalue weighted by molar-refractivity contribution is -0.138. The number of carbonyl (C=O) groups is 2. The minimum atomic E-state index is -0.284. The van der Waals surface area contributed by atoms with Gasteiger partial charge in [0.05, 0.1) is 12.2 Å². The molecule has 4 aromatic rings. The lowest BCUT2D eigenvalue weighted by Gasteiger charge is -2.13. The number of carbonyl (C=O) groups excluding carboxylic acids is 2. The number of amides is 1. The number of allylic oxidation sites excluding steroid dienone is 2. The summed E-state index contributed by atoms with van der Waals surface area (Å²) >= 11 is 3.43. The topological polar surface area (TPSA) is 60.3 Å². The Bertz CT molecular complexity index is 1530. The first-order chi connectivity index (χ1) is 19.4. The molecule has 0 bridgehead atoms. The minimum absolute atomic E-state index is 0.0947. The van der Waals surface area contributed by atoms with Gasteiger partial charge in [-0.3, -0.25) is 4.79 Å². The van der Waals surface area contributed by atoms with Gasteiger partial charge in [0, 0.05) is 40.2 Å². The summed E-state index contributed by atoms with van der Waals surface area (Å²) in [4.78, 5) is 25.4. The second kappa shape index (κ2) is 13.9. The zero-order valence-corrected chi connectivity index (χ0v) is 24.8. The third-order valence-corrected chi connectivity index (χ3v) is 7.36. The van der Waals surface area contributed by atoms with Crippen molar-refractivity contribution < 1.29 is 14.3 Å². The summed E-state index contributed by atoms with van der Waals surface area (Å²) in [5.74, 6) is -0.379. The standard InChI is InChI=1S/C34H35BrN2O3/c1-4-7-20-40-34(39)31(6-3)30(5-2)26-12-8-25(9-13-26)23-37-19-18-27-21-28(14-17-32(27)37)33(38)36-22-24-10-15-29(35)16-11-24/h5-6,8-19,21H,4,7,20,22-23H2,1-3H3,(H,36,38)/b30-5-,31-6+. The van der Waals surface area contributed by atoms with Gasteiger partial charge >= 0.3 is 5.97 Å². The molecule has 0 aliphatic carbocycles. The number of rotatable bonds is 11. The third-order valence-electron chi connectivity index (χ3n) is 6.84. The second-order valence-electron chi connectivity index (χ2n) is 9.62. The Balaban J connectivity index is 1.42. The number of hydrogen-bond donors (Lipinski definition) is 1. The molecule has 0 unspecified atom stereocenters. The highest BCUT2D eigenvalue weighted by molar-refractivity contribution is 9.10. The smallest absolute Gasteiger partial charge is 0.338 e. The van der Waals surface area contributed by atoms with E-state index in [2.05, 4.69) is 44.9 Å². The van der Waals surface area contributed by atoms with Crippen LogP contribution >= 0.6 is 15.9 Å². The first kappa shape index (κ1) is 29.1. The van der Waals surface area contributed by atoms with E-state index in [-0.39, 0.29) is 11.9 Å². The lowest BCUT2D eigenvalue weighted by atomic mass is 9.96. The van der Waals surface area contributed by atoms with E-state index in [1.54, 1.807) is 0 Å². The average Bonchev–Trinajstić information content (AvgIpc) is 3.37. The van der Waals surface area contributed by atoms with E-state index in [1.165, 1.54) is 0 Å². The third kappa shape index (κ3) is 7.19. The summed E-state index contributed by atoms with van der Waals surface area (Å²) in [6.07, 6.45) is 7.66. The zero-order valence-electron chi connectivity index (χ0n) is 23.2. The number of hydrogen-bond acceptors (Lipinski definition) is 3. The van der Waals surface area contributed by atoms with Crippen LogP contribution in [0.3, 0.4) is 0 Å². The lowest BCUT2D eigenvalue weighted by Crippen LogP contribution is -2.22. The van der Waals surface area contributed by atoms with Gasteiger partial charge in [-0.05, 0) is 78.9 Å². The number of fused-ring (bicyclic) bond motifs is 1. The van der Waals surface area contributed by atoms with Crippen molar-refractivity contribution in [1.29, 1.82) is 0 Å². The number of benzene rings is 3. The van der Waals surface area contributed by atoms with E-state index in [0.717, 1.165) is 50.5 Å². The molecule has 0 spiro atoms. The molecule has 5 nitrogen and oxygen atoms in total. The predicted octanol–water partition coefficient (Wildman–Crippen LogP) is 8.08. The Morgan fingerprint density at radius 1 is 0.900 bits per heavy atom. The van der Waals surface area contributed by atoms with Crippen molar-refractivity contribution in [3.05, 3.63) is 123 Å². The Labute approximate surface area is 244 Å². The molecule has 206 valence electrons. The summed E-state index contributed by atoms with van der Waals surface area (Å²) in [5, 5.41) is 4.02. The molecule has 0 saturated heterocycles. The van der Waals surface area contributed by atoms with E-state index in [0.29, 0.717) is 30.8 Å². The minimum Gasteiger partial charge on any atom is -0.462 e. The van der Waals surface area contributed by atoms with Crippen molar-refractivity contribution in [3.8, 4) is 0 Å². The molecule has 6 heteroatoms. The van der Waals surface area contributed by atoms with Crippen LogP contribution in [0.5, 0.6) is 0 Å². The quantitative estimate of drug-likeness (QED) is 0.0821. The van der Waals surface area contributed by atoms with Gasteiger partial charge in [0.25, 0.3) is 5.91 Å². The number of unbranched alkanes of at least 4 members (excludes halogenated alkanes) is 1. The van der Waals surface area contributed by atoms with Crippen LogP contribution < -0.4 is 5.32 Å². The van der Waals surface area contributed by atoms with E-state index >= 15 is 0 Å². The normalized spacial score (nSPS) is 12.0. The molecular weight excluding hydrogens is 564 g/mol. The molecule has 0 saturated carbocycles. The highest BCUT2D eigenvalue weighted by Gasteiger charge is 2.16. The Kier molecular flexibility index (Phi) is 10.1. The van der Waals surface area contributed by atoms with Gasteiger partial charge in [-0.25, -0.2) is 4.79 Å². The van der Waals surface area contributed by atoms with Crippen molar-refractivity contribution in [1.82, 2.24) is 9.88 Å². The summed E-state index contributed by atoms with van der Waals surface area (Å²) < 4.78 is 8.64. The summed E-state index contributed by atoms with van der Waals surface area (Å²) in [7, 11) is 0. The number of nitrogens with one attached hydrogen (secondary N) is 1. The molecule has 1 heterocycles. The van der Waals surface area contributed by atoms with Gasteiger partial charge < -0.3 is 14.6 Å². The molecular formula is C34H35BrN2O3. The summed E-state index contributed by atoms with van der Waals surface area (Å²) in [6.45, 7) is 7.48. The molecule has 1 amide bonds. The van der Waals surface area contributed by atoms with Gasteiger partial charge in [-0.2, -0.15) is 0 Å². The highest BCUT2D eigenvalue weighted by atomic mass is 79.9. The van der Waals surface area contributed by atoms with Crippen LogP contribution in [-0.4, -0.2) is 23.1 Å². The first-order valence-corrected chi connectivity index (χ1v) is 14.4. The van der Waals surface area contributed by atoms with Crippen molar-refractivity contribution >= 4 is 44.3 Å². The number of nitrogens with zero attached hydrogens (tertiary/aromatic N) is 1. The molecule has 0 radical (unpaired) electrons. The number of esters is 1. The van der Waals surface area contributed by atoms with Gasteiger partial charge in [0.1, 0.15) is 0 Å². The summed E-state index contributed by atoms with van der Waals surface area (Å²) in [5.41, 5.74) is 6.31. The Hall–Kier alpha value is -3.90. The van der Waals surface area contributed by atoms with Crippen LogP contribution in [0.2, 0.25) is 0 Å². The number of aromatic nitrogens is 1. The molecule has 3 aromatic carbocycles. The molecule has 0 fully saturated rings. The largest absolute Gasteiger partial charge is 0.462 e. The first-order valence-electron chi connectivity index (χ1n) is 13.6. The van der Waals surface area contributed by atoms with Crippen LogP contribution in [0.1, 0.15) is 60.7 Å². The van der Waals surface area contributed by atoms with Gasteiger partial charge in [0.15, 0.2) is 0 Å². The van der Waals surface area contributed by atoms with Crippen molar-refractivity contribution in [2.24, 2.45) is 0 Å². The fraction of sp³-hybridized carbons (Fsp3) is 0.235. The zero-order chi connectivity index (χ0) is 28.5. The van der Waals surface area contributed by atoms with Gasteiger partial charge in [0.2, 0.25) is 0 Å². The van der Waals surface area contributed by atoms with Crippen molar-refractivity contribution in [3.63, 3.8) is 0 Å². The van der Waals surface area contributed by atoms with Crippen LogP contribution in [0.25, 0.3) is 16.5 Å². The fourth-order valence-corrected chi connectivity index (χ4v) is 4.86. The second-order valence-corrected chi connectivity index (χ2v) is 10.5. The van der Waals surface area contributed by atoms with Crippen LogP contribution in [0.15, 0.2) is 101 Å². The summed E-state index contributed by atoms with van der Waals surface area (Å²) in [6, 6.07) is 24.0. The average molecular weight is 600 g/mol. The fourth-order valence-electron chi connectivity index (χ4n) is 4.60. The van der Waals surface area contributed by atoms with Gasteiger partial charge in [-0.15, -0.1) is 0 Å². The van der Waals surface area contributed by atoms with Crippen LogP contribution in [0.4, 0.5) is 0 Å². The molecule has 0 atom stereocenters. The maximum absolute atomic E-state index is 12.8. The maximum atomic E-state index is 12.8. The molecule has 0 aliphatic rings. The monoisotopic (exact) mass is 598 g/mol. The van der Waals surface area contributed by atoms with Crippen molar-refractivity contribution in [2.45, 2.75) is 46.7 Å². The highest BCUT2D eigenvalue weighted by Crippen LogP contribution is 2.26. The number of ether oxygens (including phenoxy) is 1. The van der Waals surface area contributed by atoms with E-state index in [1.807, 2.05) is 92.9 Å². The Morgan fingerprint density at radius 2 is 1.60 bits per heavy atom. The van der Waals surface area contributed by atoms with Gasteiger partial charge in [-0.1, -0.05) is 77.8 Å². The van der Waals surface area contributed by atoms with E-state index in [9.17, 15) is 9.59 Å².